The second-order valence-corrected chi connectivity index (χ2v) is 6.89. The fourth-order valence-electron chi connectivity index (χ4n) is 2.82. The summed E-state index contributed by atoms with van der Waals surface area (Å²) in [5, 5.41) is 5.33. The Morgan fingerprint density at radius 3 is 2.22 bits per heavy atom. The van der Waals surface area contributed by atoms with E-state index in [1.54, 1.807) is 24.3 Å². The van der Waals surface area contributed by atoms with E-state index < -0.39 is 11.8 Å². The Bertz CT molecular complexity index is 832. The molecule has 0 aliphatic carbocycles. The quantitative estimate of drug-likeness (QED) is 0.555. The molecular formula is C19H22ClN5O2. The Morgan fingerprint density at radius 1 is 0.963 bits per heavy atom. The molecule has 1 fully saturated rings. The molecule has 4 N–H and O–H groups in total. The monoisotopic (exact) mass is 387 g/mol. The van der Waals surface area contributed by atoms with Crippen LogP contribution < -0.4 is 21.3 Å². The van der Waals surface area contributed by atoms with E-state index in [1.165, 1.54) is 6.07 Å². The second-order valence-electron chi connectivity index (χ2n) is 6.48. The van der Waals surface area contributed by atoms with Gasteiger partial charge in [-0.1, -0.05) is 11.6 Å². The van der Waals surface area contributed by atoms with E-state index in [0.717, 1.165) is 31.9 Å². The summed E-state index contributed by atoms with van der Waals surface area (Å²) in [6.45, 7) is 3.97. The van der Waals surface area contributed by atoms with Crippen LogP contribution in [0, 0.1) is 0 Å². The maximum Gasteiger partial charge on any atom is 0.314 e. The van der Waals surface area contributed by atoms with E-state index in [0.29, 0.717) is 17.1 Å². The van der Waals surface area contributed by atoms with Crippen molar-refractivity contribution in [3.05, 3.63) is 47.5 Å². The molecule has 27 heavy (non-hydrogen) atoms. The lowest BCUT2D eigenvalue weighted by atomic mass is 10.2. The van der Waals surface area contributed by atoms with Crippen LogP contribution in [-0.2, 0) is 9.59 Å². The summed E-state index contributed by atoms with van der Waals surface area (Å²) >= 11 is 6.00. The van der Waals surface area contributed by atoms with Gasteiger partial charge in [0.25, 0.3) is 0 Å². The first kappa shape index (κ1) is 19.0. The summed E-state index contributed by atoms with van der Waals surface area (Å²) < 4.78 is 0. The molecule has 1 aliphatic rings. The molecule has 2 aromatic rings. The topological polar surface area (TPSA) is 90.7 Å². The molecular weight excluding hydrogens is 366 g/mol. The number of nitrogens with two attached hydrogens (primary N) is 1. The first-order chi connectivity index (χ1) is 12.9. The molecule has 0 radical (unpaired) electrons. The van der Waals surface area contributed by atoms with Gasteiger partial charge in [-0.2, -0.15) is 0 Å². The average molecular weight is 388 g/mol. The highest BCUT2D eigenvalue weighted by Crippen LogP contribution is 2.24. The first-order valence-corrected chi connectivity index (χ1v) is 9.01. The molecule has 0 aromatic heterocycles. The van der Waals surface area contributed by atoms with Crippen molar-refractivity contribution < 1.29 is 9.59 Å². The maximum atomic E-state index is 12.1. The van der Waals surface area contributed by atoms with Crippen molar-refractivity contribution in [2.75, 3.05) is 54.5 Å². The summed E-state index contributed by atoms with van der Waals surface area (Å²) in [6.07, 6.45) is 0. The van der Waals surface area contributed by atoms with E-state index in [9.17, 15) is 9.59 Å². The number of benzene rings is 2. The standard InChI is InChI=1S/C19H22ClN5O2/c1-24-8-10-25(11-9-24)15-5-3-14(4-6-15)22-18(26)19(27)23-17-7-2-13(21)12-16(17)20/h2-7,12H,8-11,21H2,1H3,(H,22,26)(H,23,27). The average Bonchev–Trinajstić information content (AvgIpc) is 2.65. The normalized spacial score (nSPS) is 14.7. The van der Waals surface area contributed by atoms with Gasteiger partial charge in [0, 0.05) is 43.2 Å². The number of nitrogens with one attached hydrogen (secondary N) is 2. The van der Waals surface area contributed by atoms with Crippen molar-refractivity contribution in [2.45, 2.75) is 0 Å². The zero-order chi connectivity index (χ0) is 19.4. The van der Waals surface area contributed by atoms with E-state index in [-0.39, 0.29) is 5.02 Å². The zero-order valence-corrected chi connectivity index (χ0v) is 15.8. The summed E-state index contributed by atoms with van der Waals surface area (Å²) in [7, 11) is 2.11. The minimum Gasteiger partial charge on any atom is -0.399 e. The fourth-order valence-corrected chi connectivity index (χ4v) is 3.06. The van der Waals surface area contributed by atoms with Gasteiger partial charge in [-0.3, -0.25) is 9.59 Å². The van der Waals surface area contributed by atoms with Crippen LogP contribution in [0.15, 0.2) is 42.5 Å². The molecule has 8 heteroatoms. The minimum atomic E-state index is -0.801. The molecule has 142 valence electrons. The van der Waals surface area contributed by atoms with Crippen LogP contribution in [0.3, 0.4) is 0 Å². The number of hydrogen-bond acceptors (Lipinski definition) is 5. The highest BCUT2D eigenvalue weighted by molar-refractivity contribution is 6.44. The summed E-state index contributed by atoms with van der Waals surface area (Å²) in [5.74, 6) is -1.57. The van der Waals surface area contributed by atoms with Crippen LogP contribution >= 0.6 is 11.6 Å². The molecule has 0 saturated carbocycles. The van der Waals surface area contributed by atoms with Gasteiger partial charge in [0.2, 0.25) is 0 Å². The number of likely N-dealkylation sites (N-methyl/N-ethyl adjacent to an activating group) is 1. The number of piperazine rings is 1. The number of anilines is 4. The highest BCUT2D eigenvalue weighted by atomic mass is 35.5. The van der Waals surface area contributed by atoms with E-state index in [1.807, 2.05) is 12.1 Å². The Morgan fingerprint density at radius 2 is 1.59 bits per heavy atom. The van der Waals surface area contributed by atoms with E-state index in [2.05, 4.69) is 27.5 Å². The molecule has 0 unspecified atom stereocenters. The molecule has 3 rings (SSSR count). The van der Waals surface area contributed by atoms with Crippen molar-refractivity contribution >= 4 is 46.2 Å². The number of carbonyl (C=O) groups is 2. The molecule has 1 aliphatic heterocycles. The number of rotatable bonds is 3. The number of hydrogen-bond donors (Lipinski definition) is 3. The SMILES string of the molecule is CN1CCN(c2ccc(NC(=O)C(=O)Nc3ccc(N)cc3Cl)cc2)CC1. The lowest BCUT2D eigenvalue weighted by Gasteiger charge is -2.34. The lowest BCUT2D eigenvalue weighted by molar-refractivity contribution is -0.132. The van der Waals surface area contributed by atoms with E-state index >= 15 is 0 Å². The first-order valence-electron chi connectivity index (χ1n) is 8.63. The van der Waals surface area contributed by atoms with Gasteiger partial charge in [-0.05, 0) is 49.5 Å². The van der Waals surface area contributed by atoms with Gasteiger partial charge in [0.05, 0.1) is 10.7 Å². The number of carbonyl (C=O) groups excluding carboxylic acids is 2. The van der Waals surface area contributed by atoms with Crippen molar-refractivity contribution in [3.63, 3.8) is 0 Å². The fraction of sp³-hybridized carbons (Fsp3) is 0.263. The largest absolute Gasteiger partial charge is 0.399 e. The van der Waals surface area contributed by atoms with Gasteiger partial charge in [-0.25, -0.2) is 0 Å². The van der Waals surface area contributed by atoms with Gasteiger partial charge in [0.1, 0.15) is 0 Å². The molecule has 0 bridgehead atoms. The van der Waals surface area contributed by atoms with Gasteiger partial charge in [0.15, 0.2) is 0 Å². The van der Waals surface area contributed by atoms with Gasteiger partial charge < -0.3 is 26.2 Å². The van der Waals surface area contributed by atoms with Crippen LogP contribution in [0.1, 0.15) is 0 Å². The van der Waals surface area contributed by atoms with Crippen molar-refractivity contribution in [3.8, 4) is 0 Å². The summed E-state index contributed by atoms with van der Waals surface area (Å²) in [6, 6.07) is 12.1. The Balaban J connectivity index is 1.57. The van der Waals surface area contributed by atoms with Crippen LogP contribution in [0.25, 0.3) is 0 Å². The van der Waals surface area contributed by atoms with Crippen molar-refractivity contribution in [1.82, 2.24) is 4.90 Å². The smallest absolute Gasteiger partial charge is 0.314 e. The maximum absolute atomic E-state index is 12.1. The van der Waals surface area contributed by atoms with Crippen LogP contribution in [0.5, 0.6) is 0 Å². The summed E-state index contributed by atoms with van der Waals surface area (Å²) in [4.78, 5) is 28.8. The third-order valence-electron chi connectivity index (χ3n) is 4.44. The Hall–Kier alpha value is -2.77. The molecule has 2 aromatic carbocycles. The van der Waals surface area contributed by atoms with Crippen LogP contribution in [0.2, 0.25) is 5.02 Å². The molecule has 0 spiro atoms. The Kier molecular flexibility index (Phi) is 5.83. The lowest BCUT2D eigenvalue weighted by Crippen LogP contribution is -2.44. The molecule has 2 amide bonds. The van der Waals surface area contributed by atoms with Gasteiger partial charge in [-0.15, -0.1) is 0 Å². The molecule has 0 atom stereocenters. The van der Waals surface area contributed by atoms with Crippen LogP contribution in [0.4, 0.5) is 22.7 Å². The molecule has 1 saturated heterocycles. The number of amides is 2. The number of nitrogens with zero attached hydrogens (tertiary/aromatic N) is 2. The third kappa shape index (κ3) is 4.90. The number of halogens is 1. The van der Waals surface area contributed by atoms with Crippen LogP contribution in [-0.4, -0.2) is 49.9 Å². The second kappa shape index (κ2) is 8.28. The molecule has 1 heterocycles. The number of nitrogen functional groups attached to an aromatic ring is 1. The minimum absolute atomic E-state index is 0.271. The molecule has 7 nitrogen and oxygen atoms in total. The highest BCUT2D eigenvalue weighted by Gasteiger charge is 2.17. The predicted molar refractivity (Wildman–Crippen MR) is 109 cm³/mol. The third-order valence-corrected chi connectivity index (χ3v) is 4.75. The van der Waals surface area contributed by atoms with Crippen molar-refractivity contribution in [1.29, 1.82) is 0 Å². The van der Waals surface area contributed by atoms with E-state index in [4.69, 9.17) is 17.3 Å². The Labute approximate surface area is 163 Å². The summed E-state index contributed by atoms with van der Waals surface area (Å²) in [5.41, 5.74) is 8.06. The van der Waals surface area contributed by atoms with Gasteiger partial charge >= 0.3 is 11.8 Å². The van der Waals surface area contributed by atoms with Crippen molar-refractivity contribution in [2.24, 2.45) is 0 Å². The predicted octanol–water partition coefficient (Wildman–Crippen LogP) is 2.25. The zero-order valence-electron chi connectivity index (χ0n) is 15.0.